The number of aliphatic hydroxyl groups excluding tert-OH is 1. The van der Waals surface area contributed by atoms with Gasteiger partial charge in [0.05, 0.1) is 12.0 Å². The summed E-state index contributed by atoms with van der Waals surface area (Å²) in [7, 11) is 2.13. The molecule has 6 rings (SSSR count). The van der Waals surface area contributed by atoms with Crippen molar-refractivity contribution >= 4 is 22.9 Å². The predicted octanol–water partition coefficient (Wildman–Crippen LogP) is 4.17. The Hall–Kier alpha value is -2.19. The largest absolute Gasteiger partial charge is 0.393 e. The molecule has 4 aliphatic rings. The summed E-state index contributed by atoms with van der Waals surface area (Å²) in [6.07, 6.45) is 14.4. The highest BCUT2D eigenvalue weighted by Gasteiger charge is 2.36. The molecule has 4 heterocycles. The van der Waals surface area contributed by atoms with Gasteiger partial charge in [-0.15, -0.1) is 0 Å². The molecule has 0 bridgehead atoms. The number of likely N-dealkylation sites (tertiary alicyclic amines) is 2. The van der Waals surface area contributed by atoms with E-state index < -0.39 is 0 Å². The quantitative estimate of drug-likeness (QED) is 0.609. The molecule has 3 atom stereocenters. The van der Waals surface area contributed by atoms with Gasteiger partial charge < -0.3 is 24.8 Å². The number of nitrogens with zero attached hydrogens (tertiary/aromatic N) is 5. The smallest absolute Gasteiger partial charge is 0.226 e. The SMILES string of the molecule is CC[C@H]1C[C@@H]1Nc1ncc2c(C3CCN(C(=O)C4CCCN(C)C4)CC3)cn(C3CCC(O)CC3)c2n1. The van der Waals surface area contributed by atoms with E-state index in [-0.39, 0.29) is 12.0 Å². The van der Waals surface area contributed by atoms with Gasteiger partial charge in [-0.25, -0.2) is 4.98 Å². The van der Waals surface area contributed by atoms with Gasteiger partial charge in [0.15, 0.2) is 0 Å². The first-order valence-corrected chi connectivity index (χ1v) is 14.8. The maximum Gasteiger partial charge on any atom is 0.226 e. The van der Waals surface area contributed by atoms with Gasteiger partial charge >= 0.3 is 0 Å². The van der Waals surface area contributed by atoms with E-state index in [0.717, 1.165) is 100 Å². The first-order valence-electron chi connectivity index (χ1n) is 14.8. The molecule has 8 nitrogen and oxygen atoms in total. The lowest BCUT2D eigenvalue weighted by Gasteiger charge is -2.37. The maximum absolute atomic E-state index is 13.2. The number of fused-ring (bicyclic) bond motifs is 1. The van der Waals surface area contributed by atoms with Crippen molar-refractivity contribution in [1.82, 2.24) is 24.3 Å². The van der Waals surface area contributed by atoms with Gasteiger partial charge in [-0.3, -0.25) is 4.79 Å². The number of carbonyl (C=O) groups is 1. The van der Waals surface area contributed by atoms with Crippen LogP contribution >= 0.6 is 0 Å². The molecule has 8 heteroatoms. The first-order chi connectivity index (χ1) is 18.0. The maximum atomic E-state index is 13.2. The molecule has 2 saturated carbocycles. The van der Waals surface area contributed by atoms with Crippen LogP contribution in [0.5, 0.6) is 0 Å². The Labute approximate surface area is 220 Å². The van der Waals surface area contributed by atoms with E-state index in [0.29, 0.717) is 23.9 Å². The third-order valence-corrected chi connectivity index (χ3v) is 9.64. The number of piperidine rings is 2. The third-order valence-electron chi connectivity index (χ3n) is 9.64. The molecular weight excluding hydrogens is 464 g/mol. The van der Waals surface area contributed by atoms with Crippen LogP contribution in [0.1, 0.15) is 88.7 Å². The fourth-order valence-electron chi connectivity index (χ4n) is 7.14. The van der Waals surface area contributed by atoms with Gasteiger partial charge in [0.2, 0.25) is 11.9 Å². The molecule has 1 amide bonds. The lowest BCUT2D eigenvalue weighted by Crippen LogP contribution is -2.46. The van der Waals surface area contributed by atoms with E-state index >= 15 is 0 Å². The van der Waals surface area contributed by atoms with Crippen molar-refractivity contribution in [3.63, 3.8) is 0 Å². The van der Waals surface area contributed by atoms with Crippen molar-refractivity contribution in [2.24, 2.45) is 11.8 Å². The van der Waals surface area contributed by atoms with Crippen molar-refractivity contribution in [3.8, 4) is 0 Å². The van der Waals surface area contributed by atoms with Crippen LogP contribution in [0.4, 0.5) is 5.95 Å². The second-order valence-electron chi connectivity index (χ2n) is 12.2. The second kappa shape index (κ2) is 10.5. The van der Waals surface area contributed by atoms with Crippen molar-refractivity contribution in [1.29, 1.82) is 0 Å². The highest BCUT2D eigenvalue weighted by atomic mass is 16.3. The summed E-state index contributed by atoms with van der Waals surface area (Å²) in [5.74, 6) is 2.43. The average Bonchev–Trinajstić information content (AvgIpc) is 3.57. The molecule has 2 saturated heterocycles. The number of nitrogens with one attached hydrogen (secondary N) is 1. The van der Waals surface area contributed by atoms with Gasteiger partial charge in [-0.2, -0.15) is 4.98 Å². The van der Waals surface area contributed by atoms with Crippen LogP contribution in [0.15, 0.2) is 12.4 Å². The number of amides is 1. The van der Waals surface area contributed by atoms with Gasteiger partial charge in [0.25, 0.3) is 0 Å². The minimum absolute atomic E-state index is 0.164. The molecule has 2 aromatic rings. The summed E-state index contributed by atoms with van der Waals surface area (Å²) < 4.78 is 2.39. The molecule has 1 unspecified atom stereocenters. The van der Waals surface area contributed by atoms with Gasteiger partial charge in [-0.05, 0) is 88.8 Å². The number of rotatable bonds is 6. The van der Waals surface area contributed by atoms with Crippen molar-refractivity contribution < 1.29 is 9.90 Å². The number of aromatic nitrogens is 3. The number of carbonyl (C=O) groups excluding carboxylic acids is 1. The normalized spacial score (nSPS) is 31.5. The molecule has 4 fully saturated rings. The summed E-state index contributed by atoms with van der Waals surface area (Å²) in [4.78, 5) is 27.4. The lowest BCUT2D eigenvalue weighted by molar-refractivity contribution is -0.138. The Bertz CT molecular complexity index is 1100. The van der Waals surface area contributed by atoms with Gasteiger partial charge in [-0.1, -0.05) is 13.3 Å². The second-order valence-corrected chi connectivity index (χ2v) is 12.2. The Morgan fingerprint density at radius 3 is 2.59 bits per heavy atom. The zero-order valence-corrected chi connectivity index (χ0v) is 22.6. The van der Waals surface area contributed by atoms with E-state index in [1.165, 1.54) is 18.4 Å². The Morgan fingerprint density at radius 1 is 1.11 bits per heavy atom. The van der Waals surface area contributed by atoms with E-state index in [2.05, 4.69) is 39.9 Å². The van der Waals surface area contributed by atoms with Crippen LogP contribution < -0.4 is 5.32 Å². The number of aliphatic hydroxyl groups is 1. The highest BCUT2D eigenvalue weighted by molar-refractivity contribution is 5.82. The lowest BCUT2D eigenvalue weighted by atomic mass is 9.88. The van der Waals surface area contributed by atoms with Crippen LogP contribution in [0.25, 0.3) is 11.0 Å². The first kappa shape index (κ1) is 25.1. The zero-order valence-electron chi connectivity index (χ0n) is 22.6. The molecular formula is C29H44N6O2. The van der Waals surface area contributed by atoms with Crippen molar-refractivity contribution in [2.75, 3.05) is 38.5 Å². The van der Waals surface area contributed by atoms with E-state index in [9.17, 15) is 9.90 Å². The van der Waals surface area contributed by atoms with Crippen LogP contribution in [-0.2, 0) is 4.79 Å². The minimum Gasteiger partial charge on any atom is -0.393 e. The molecule has 202 valence electrons. The summed E-state index contributed by atoms with van der Waals surface area (Å²) >= 11 is 0. The molecule has 37 heavy (non-hydrogen) atoms. The molecule has 2 N–H and O–H groups in total. The number of anilines is 1. The van der Waals surface area contributed by atoms with E-state index in [1.54, 1.807) is 0 Å². The minimum atomic E-state index is -0.170. The molecule has 0 spiro atoms. The summed E-state index contributed by atoms with van der Waals surface area (Å²) in [6.45, 7) is 5.93. The van der Waals surface area contributed by atoms with Crippen LogP contribution in [0.3, 0.4) is 0 Å². The van der Waals surface area contributed by atoms with Crippen LogP contribution in [0, 0.1) is 11.8 Å². The summed E-state index contributed by atoms with van der Waals surface area (Å²) in [6, 6.07) is 0.873. The zero-order chi connectivity index (χ0) is 25.5. The molecule has 2 aromatic heterocycles. The Morgan fingerprint density at radius 2 is 1.89 bits per heavy atom. The van der Waals surface area contributed by atoms with Gasteiger partial charge in [0.1, 0.15) is 5.65 Å². The summed E-state index contributed by atoms with van der Waals surface area (Å²) in [5, 5.41) is 14.8. The summed E-state index contributed by atoms with van der Waals surface area (Å²) in [5.41, 5.74) is 2.38. The topological polar surface area (TPSA) is 86.5 Å². The van der Waals surface area contributed by atoms with E-state index in [4.69, 9.17) is 9.97 Å². The Kier molecular flexibility index (Phi) is 7.14. The number of hydrogen-bond acceptors (Lipinski definition) is 6. The average molecular weight is 509 g/mol. The fraction of sp³-hybridized carbons (Fsp3) is 0.759. The molecule has 2 aliphatic heterocycles. The Balaban J connectivity index is 1.21. The molecule has 2 aliphatic carbocycles. The van der Waals surface area contributed by atoms with Crippen molar-refractivity contribution in [2.45, 2.75) is 95.2 Å². The van der Waals surface area contributed by atoms with Crippen molar-refractivity contribution in [3.05, 3.63) is 18.0 Å². The predicted molar refractivity (Wildman–Crippen MR) is 146 cm³/mol. The van der Waals surface area contributed by atoms with E-state index in [1.807, 2.05) is 6.20 Å². The van der Waals surface area contributed by atoms with Crippen LogP contribution in [-0.4, -0.2) is 80.7 Å². The third kappa shape index (κ3) is 5.24. The molecule has 0 aromatic carbocycles. The van der Waals surface area contributed by atoms with Gasteiger partial charge in [0, 0.05) is 49.5 Å². The monoisotopic (exact) mass is 508 g/mol. The van der Waals surface area contributed by atoms with Crippen LogP contribution in [0.2, 0.25) is 0 Å². The molecule has 0 radical (unpaired) electrons. The number of hydrogen-bond donors (Lipinski definition) is 2. The standard InChI is InChI=1S/C29H44N6O2/c1-3-19-15-26(19)31-29-30-16-24-25(18-35(27(24)32-29)22-6-8-23(36)9-7-22)20-10-13-34(14-11-20)28(37)21-5-4-12-33(2)17-21/h16,18-23,26,36H,3-15,17H2,1-2H3,(H,30,31,32)/t19-,21?,22?,23?,26-/m0/s1. The highest BCUT2D eigenvalue weighted by Crippen LogP contribution is 2.40. The fourth-order valence-corrected chi connectivity index (χ4v) is 7.14.